The Hall–Kier alpha value is -1.91. The number of nitrogens with two attached hydrogens (primary N) is 1. The standard InChI is InChI=1S/C12H15F2N5O3/c1-2-12(4-20)8(21)6(13)7(22-12)5-3-16-10-9(15)17-11(14)18-19(5)10/h3,6-8,20-21H,2,4H2,1H3,(H2,15,17,18). The van der Waals surface area contributed by atoms with Crippen molar-refractivity contribution < 1.29 is 23.7 Å². The van der Waals surface area contributed by atoms with Crippen molar-refractivity contribution >= 4 is 11.5 Å². The smallest absolute Gasteiger partial charge is 0.328 e. The van der Waals surface area contributed by atoms with Gasteiger partial charge in [-0.05, 0) is 6.42 Å². The van der Waals surface area contributed by atoms with Gasteiger partial charge < -0.3 is 20.7 Å². The zero-order valence-corrected chi connectivity index (χ0v) is 11.6. The van der Waals surface area contributed by atoms with E-state index in [0.29, 0.717) is 0 Å². The van der Waals surface area contributed by atoms with Gasteiger partial charge in [0.15, 0.2) is 17.6 Å². The summed E-state index contributed by atoms with van der Waals surface area (Å²) in [5, 5.41) is 23.0. The highest BCUT2D eigenvalue weighted by atomic mass is 19.1. The van der Waals surface area contributed by atoms with Gasteiger partial charge in [0, 0.05) is 0 Å². The second kappa shape index (κ2) is 5.07. The maximum absolute atomic E-state index is 14.4. The molecule has 120 valence electrons. The van der Waals surface area contributed by atoms with Crippen LogP contribution in [-0.4, -0.2) is 54.3 Å². The van der Waals surface area contributed by atoms with Crippen LogP contribution in [-0.2, 0) is 4.74 Å². The fourth-order valence-electron chi connectivity index (χ4n) is 2.69. The highest BCUT2D eigenvalue weighted by molar-refractivity contribution is 5.59. The van der Waals surface area contributed by atoms with E-state index in [1.54, 1.807) is 6.92 Å². The van der Waals surface area contributed by atoms with E-state index in [2.05, 4.69) is 15.1 Å². The van der Waals surface area contributed by atoms with Gasteiger partial charge in [0.1, 0.15) is 17.8 Å². The molecule has 4 atom stereocenters. The minimum absolute atomic E-state index is 0.0553. The summed E-state index contributed by atoms with van der Waals surface area (Å²) in [5.41, 5.74) is 4.25. The molecule has 0 radical (unpaired) electrons. The third kappa shape index (κ3) is 1.95. The molecule has 4 N–H and O–H groups in total. The molecule has 10 heteroatoms. The van der Waals surface area contributed by atoms with Crippen LogP contribution in [0.15, 0.2) is 6.20 Å². The third-order valence-corrected chi connectivity index (χ3v) is 4.04. The average molecular weight is 315 g/mol. The first-order valence-corrected chi connectivity index (χ1v) is 6.71. The highest BCUT2D eigenvalue weighted by Gasteiger charge is 2.55. The molecule has 1 fully saturated rings. The number of alkyl halides is 1. The quantitative estimate of drug-likeness (QED) is 0.715. The molecule has 1 saturated heterocycles. The van der Waals surface area contributed by atoms with Crippen molar-refractivity contribution in [1.29, 1.82) is 0 Å². The topological polar surface area (TPSA) is 119 Å². The molecular formula is C12H15F2N5O3. The molecular weight excluding hydrogens is 300 g/mol. The summed E-state index contributed by atoms with van der Waals surface area (Å²) in [4.78, 5) is 7.25. The molecule has 3 rings (SSSR count). The Morgan fingerprint density at radius 1 is 1.55 bits per heavy atom. The van der Waals surface area contributed by atoms with E-state index in [0.717, 1.165) is 4.52 Å². The van der Waals surface area contributed by atoms with Crippen molar-refractivity contribution in [2.24, 2.45) is 0 Å². The Balaban J connectivity index is 2.09. The van der Waals surface area contributed by atoms with Crippen LogP contribution in [0.4, 0.5) is 14.6 Å². The van der Waals surface area contributed by atoms with Crippen molar-refractivity contribution in [3.05, 3.63) is 18.0 Å². The molecule has 4 unspecified atom stereocenters. The summed E-state index contributed by atoms with van der Waals surface area (Å²) >= 11 is 0. The number of aromatic nitrogens is 4. The molecule has 1 aliphatic rings. The van der Waals surface area contributed by atoms with E-state index in [1.807, 2.05) is 0 Å². The molecule has 3 heterocycles. The molecule has 2 aromatic heterocycles. The van der Waals surface area contributed by atoms with Crippen molar-refractivity contribution in [3.8, 4) is 0 Å². The number of nitrogens with zero attached hydrogens (tertiary/aromatic N) is 4. The van der Waals surface area contributed by atoms with Crippen LogP contribution < -0.4 is 5.73 Å². The summed E-state index contributed by atoms with van der Waals surface area (Å²) in [5.74, 6) is -0.198. The van der Waals surface area contributed by atoms with E-state index in [1.165, 1.54) is 6.20 Å². The normalized spacial score (nSPS) is 32.0. The SMILES string of the molecule is CCC1(CO)OC(c2cnc3c(N)nc(F)nn23)C(F)C1O. The minimum atomic E-state index is -1.83. The zero-order valence-electron chi connectivity index (χ0n) is 11.6. The van der Waals surface area contributed by atoms with Crippen molar-refractivity contribution in [2.75, 3.05) is 12.3 Å². The molecule has 22 heavy (non-hydrogen) atoms. The number of anilines is 1. The van der Waals surface area contributed by atoms with Crippen LogP contribution in [0.2, 0.25) is 0 Å². The van der Waals surface area contributed by atoms with Gasteiger partial charge in [-0.1, -0.05) is 6.92 Å². The second-order valence-electron chi connectivity index (χ2n) is 5.19. The van der Waals surface area contributed by atoms with Crippen LogP contribution in [0, 0.1) is 6.08 Å². The number of aliphatic hydroxyl groups is 2. The summed E-state index contributed by atoms with van der Waals surface area (Å²) in [6.45, 7) is 1.10. The number of imidazole rings is 1. The molecule has 0 spiro atoms. The Morgan fingerprint density at radius 3 is 2.86 bits per heavy atom. The maximum atomic E-state index is 14.4. The molecule has 1 aliphatic heterocycles. The maximum Gasteiger partial charge on any atom is 0.328 e. The number of nitrogen functional groups attached to an aromatic ring is 1. The van der Waals surface area contributed by atoms with Crippen molar-refractivity contribution in [1.82, 2.24) is 19.6 Å². The van der Waals surface area contributed by atoms with Gasteiger partial charge in [0.2, 0.25) is 0 Å². The number of hydrogen-bond acceptors (Lipinski definition) is 7. The molecule has 0 amide bonds. The van der Waals surface area contributed by atoms with E-state index in [-0.39, 0.29) is 23.6 Å². The van der Waals surface area contributed by atoms with E-state index >= 15 is 0 Å². The Labute approximate surface area is 123 Å². The number of ether oxygens (including phenoxy) is 1. The Bertz CT molecular complexity index is 705. The van der Waals surface area contributed by atoms with Crippen molar-refractivity contribution in [3.63, 3.8) is 0 Å². The minimum Gasteiger partial charge on any atom is -0.393 e. The van der Waals surface area contributed by atoms with Crippen LogP contribution in [0.25, 0.3) is 5.65 Å². The van der Waals surface area contributed by atoms with Crippen molar-refractivity contribution in [2.45, 2.75) is 37.3 Å². The van der Waals surface area contributed by atoms with Gasteiger partial charge in [0.25, 0.3) is 0 Å². The molecule has 8 nitrogen and oxygen atoms in total. The second-order valence-corrected chi connectivity index (χ2v) is 5.19. The molecule has 0 aliphatic carbocycles. The number of aliphatic hydroxyl groups excluding tert-OH is 2. The molecule has 2 aromatic rings. The van der Waals surface area contributed by atoms with Gasteiger partial charge in [-0.25, -0.2) is 13.9 Å². The third-order valence-electron chi connectivity index (χ3n) is 4.04. The van der Waals surface area contributed by atoms with Gasteiger partial charge in [0.05, 0.1) is 18.5 Å². The fraction of sp³-hybridized carbons (Fsp3) is 0.583. The summed E-state index contributed by atoms with van der Waals surface area (Å²) in [6, 6.07) is 0. The summed E-state index contributed by atoms with van der Waals surface area (Å²) in [6.07, 6.45) is -4.28. The van der Waals surface area contributed by atoms with Gasteiger partial charge >= 0.3 is 6.08 Å². The lowest BCUT2D eigenvalue weighted by Gasteiger charge is -2.28. The van der Waals surface area contributed by atoms with Gasteiger partial charge in [-0.15, -0.1) is 5.10 Å². The lowest BCUT2D eigenvalue weighted by Crippen LogP contribution is -2.44. The largest absolute Gasteiger partial charge is 0.393 e. The predicted molar refractivity (Wildman–Crippen MR) is 70.0 cm³/mol. The Morgan fingerprint density at radius 2 is 2.27 bits per heavy atom. The van der Waals surface area contributed by atoms with Gasteiger partial charge in [-0.3, -0.25) is 0 Å². The molecule has 0 saturated carbocycles. The lowest BCUT2D eigenvalue weighted by atomic mass is 9.93. The van der Waals surface area contributed by atoms with Crippen LogP contribution >= 0.6 is 0 Å². The fourth-order valence-corrected chi connectivity index (χ4v) is 2.69. The van der Waals surface area contributed by atoms with Crippen LogP contribution in [0.1, 0.15) is 25.1 Å². The molecule has 0 bridgehead atoms. The number of rotatable bonds is 3. The van der Waals surface area contributed by atoms with Crippen LogP contribution in [0.5, 0.6) is 0 Å². The number of halogens is 2. The highest BCUT2D eigenvalue weighted by Crippen LogP contribution is 2.43. The Kier molecular flexibility index (Phi) is 3.46. The average Bonchev–Trinajstić information content (AvgIpc) is 3.01. The summed E-state index contributed by atoms with van der Waals surface area (Å²) < 4.78 is 34.3. The van der Waals surface area contributed by atoms with E-state index in [9.17, 15) is 19.0 Å². The van der Waals surface area contributed by atoms with E-state index in [4.69, 9.17) is 10.5 Å². The van der Waals surface area contributed by atoms with Gasteiger partial charge in [-0.2, -0.15) is 9.37 Å². The first-order chi connectivity index (χ1) is 10.4. The monoisotopic (exact) mass is 315 g/mol. The first kappa shape index (κ1) is 15.0. The molecule has 0 aromatic carbocycles. The zero-order chi connectivity index (χ0) is 16.1. The summed E-state index contributed by atoms with van der Waals surface area (Å²) in [7, 11) is 0. The first-order valence-electron chi connectivity index (χ1n) is 6.71. The number of fused-ring (bicyclic) bond motifs is 1. The predicted octanol–water partition coefficient (Wildman–Crippen LogP) is -0.243. The van der Waals surface area contributed by atoms with Crippen LogP contribution in [0.3, 0.4) is 0 Å². The lowest BCUT2D eigenvalue weighted by molar-refractivity contribution is -0.115. The van der Waals surface area contributed by atoms with E-state index < -0.39 is 36.7 Å². The number of hydrogen-bond donors (Lipinski definition) is 3.